The Morgan fingerprint density at radius 3 is 2.42 bits per heavy atom. The van der Waals surface area contributed by atoms with E-state index in [1.165, 1.54) is 0 Å². The summed E-state index contributed by atoms with van der Waals surface area (Å²) in [6.07, 6.45) is 0. The highest BCUT2D eigenvalue weighted by Gasteiger charge is 2.26. The Balaban J connectivity index is 1.67. The van der Waals surface area contributed by atoms with Crippen molar-refractivity contribution in [2.75, 3.05) is 33.3 Å². The van der Waals surface area contributed by atoms with E-state index in [-0.39, 0.29) is 11.9 Å². The summed E-state index contributed by atoms with van der Waals surface area (Å²) in [4.78, 5) is 15.5. The maximum Gasteiger partial charge on any atom is 0.247 e. The van der Waals surface area contributed by atoms with Gasteiger partial charge in [0, 0.05) is 38.7 Å². The fourth-order valence-corrected chi connectivity index (χ4v) is 2.83. The van der Waals surface area contributed by atoms with Crippen LogP contribution >= 0.6 is 0 Å². The quantitative estimate of drug-likeness (QED) is 0.853. The molecule has 1 aromatic carbocycles. The molecule has 1 aromatic heterocycles. The number of piperazine rings is 1. The second kappa shape index (κ2) is 7.00. The van der Waals surface area contributed by atoms with Crippen LogP contribution in [0.5, 0.6) is 5.75 Å². The van der Waals surface area contributed by atoms with Crippen LogP contribution in [-0.2, 0) is 4.79 Å². The maximum absolute atomic E-state index is 11.4. The first kappa shape index (κ1) is 16.4. The van der Waals surface area contributed by atoms with E-state index in [9.17, 15) is 4.79 Å². The van der Waals surface area contributed by atoms with Crippen molar-refractivity contribution in [1.29, 1.82) is 0 Å². The van der Waals surface area contributed by atoms with Crippen LogP contribution < -0.4 is 4.74 Å². The molecule has 3 rings (SSSR count). The van der Waals surface area contributed by atoms with Crippen molar-refractivity contribution in [3.05, 3.63) is 30.2 Å². The molecule has 1 amide bonds. The van der Waals surface area contributed by atoms with E-state index in [1.807, 2.05) is 29.2 Å². The molecule has 24 heavy (non-hydrogen) atoms. The first-order chi connectivity index (χ1) is 11.6. The fourth-order valence-electron chi connectivity index (χ4n) is 2.83. The van der Waals surface area contributed by atoms with E-state index in [4.69, 9.17) is 9.15 Å². The zero-order chi connectivity index (χ0) is 17.1. The molecule has 0 saturated carbocycles. The highest BCUT2D eigenvalue weighted by Crippen LogP contribution is 2.26. The Morgan fingerprint density at radius 2 is 1.83 bits per heavy atom. The maximum atomic E-state index is 11.4. The van der Waals surface area contributed by atoms with Crippen LogP contribution in [0.25, 0.3) is 11.5 Å². The highest BCUT2D eigenvalue weighted by atomic mass is 16.5. The predicted molar refractivity (Wildman–Crippen MR) is 88.5 cm³/mol. The van der Waals surface area contributed by atoms with Crippen LogP contribution in [-0.4, -0.2) is 59.2 Å². The molecule has 0 bridgehead atoms. The molecule has 0 N–H and O–H groups in total. The number of benzene rings is 1. The van der Waals surface area contributed by atoms with Crippen molar-refractivity contribution in [1.82, 2.24) is 20.0 Å². The summed E-state index contributed by atoms with van der Waals surface area (Å²) < 4.78 is 11.0. The molecule has 128 valence electrons. The van der Waals surface area contributed by atoms with Gasteiger partial charge in [-0.15, -0.1) is 10.2 Å². The third kappa shape index (κ3) is 3.41. The molecule has 2 aromatic rings. The number of ether oxygens (including phenoxy) is 1. The summed E-state index contributed by atoms with van der Waals surface area (Å²) in [5.41, 5.74) is 0.864. The van der Waals surface area contributed by atoms with E-state index in [2.05, 4.69) is 22.0 Å². The minimum atomic E-state index is 0.0265. The number of carbonyl (C=O) groups is 1. The lowest BCUT2D eigenvalue weighted by molar-refractivity contribution is -0.130. The van der Waals surface area contributed by atoms with Gasteiger partial charge in [0.25, 0.3) is 0 Å². The third-order valence-electron chi connectivity index (χ3n) is 4.44. The molecule has 0 aliphatic carbocycles. The average Bonchev–Trinajstić information content (AvgIpc) is 3.11. The summed E-state index contributed by atoms with van der Waals surface area (Å²) in [6, 6.07) is 7.55. The van der Waals surface area contributed by atoms with Crippen LogP contribution in [0.3, 0.4) is 0 Å². The molecule has 1 fully saturated rings. The van der Waals surface area contributed by atoms with Crippen molar-refractivity contribution in [3.63, 3.8) is 0 Å². The highest BCUT2D eigenvalue weighted by molar-refractivity contribution is 5.73. The van der Waals surface area contributed by atoms with Crippen molar-refractivity contribution in [2.45, 2.75) is 19.9 Å². The zero-order valence-electron chi connectivity index (χ0n) is 14.2. The van der Waals surface area contributed by atoms with Crippen molar-refractivity contribution >= 4 is 5.91 Å². The second-order valence-electron chi connectivity index (χ2n) is 5.89. The van der Waals surface area contributed by atoms with Crippen LogP contribution in [0.2, 0.25) is 0 Å². The van der Waals surface area contributed by atoms with Gasteiger partial charge in [-0.1, -0.05) is 0 Å². The summed E-state index contributed by atoms with van der Waals surface area (Å²) in [5, 5.41) is 8.35. The van der Waals surface area contributed by atoms with Gasteiger partial charge < -0.3 is 14.1 Å². The van der Waals surface area contributed by atoms with Crippen molar-refractivity contribution < 1.29 is 13.9 Å². The molecule has 1 aliphatic heterocycles. The van der Waals surface area contributed by atoms with Gasteiger partial charge in [-0.05, 0) is 31.2 Å². The summed E-state index contributed by atoms with van der Waals surface area (Å²) in [6.45, 7) is 6.74. The van der Waals surface area contributed by atoms with Gasteiger partial charge in [-0.2, -0.15) is 0 Å². The third-order valence-corrected chi connectivity index (χ3v) is 4.44. The number of rotatable bonds is 4. The molecular formula is C17H22N4O3. The molecule has 7 heteroatoms. The smallest absolute Gasteiger partial charge is 0.247 e. The standard InChI is InChI=1S/C17H22N4O3/c1-12(20-8-10-21(11-9-20)13(2)22)16-18-19-17(24-16)14-4-6-15(23-3)7-5-14/h4-7,12H,8-11H2,1-3H3/t12-/m1/s1. The second-order valence-corrected chi connectivity index (χ2v) is 5.89. The van der Waals surface area contributed by atoms with Crippen molar-refractivity contribution in [3.8, 4) is 17.2 Å². The van der Waals surface area contributed by atoms with Gasteiger partial charge in [0.1, 0.15) is 5.75 Å². The summed E-state index contributed by atoms with van der Waals surface area (Å²) in [5.74, 6) is 2.01. The molecule has 0 unspecified atom stereocenters. The van der Waals surface area contributed by atoms with Gasteiger partial charge >= 0.3 is 0 Å². The average molecular weight is 330 g/mol. The van der Waals surface area contributed by atoms with Crippen LogP contribution in [0.1, 0.15) is 25.8 Å². The number of hydrogen-bond donors (Lipinski definition) is 0. The fraction of sp³-hybridized carbons (Fsp3) is 0.471. The van der Waals surface area contributed by atoms with Crippen LogP contribution in [0.4, 0.5) is 0 Å². The van der Waals surface area contributed by atoms with Gasteiger partial charge in [-0.3, -0.25) is 9.69 Å². The normalized spacial score (nSPS) is 16.9. The minimum absolute atomic E-state index is 0.0265. The van der Waals surface area contributed by atoms with Gasteiger partial charge in [0.2, 0.25) is 17.7 Å². The lowest BCUT2D eigenvalue weighted by atomic mass is 10.2. The SMILES string of the molecule is COc1ccc(-c2nnc([C@@H](C)N3CCN(C(C)=O)CC3)o2)cc1. The predicted octanol–water partition coefficient (Wildman–Crippen LogP) is 1.97. The number of hydrogen-bond acceptors (Lipinski definition) is 6. The Morgan fingerprint density at radius 1 is 1.17 bits per heavy atom. The molecule has 1 atom stereocenters. The monoisotopic (exact) mass is 330 g/mol. The van der Waals surface area contributed by atoms with Crippen LogP contribution in [0, 0.1) is 0 Å². The Bertz CT molecular complexity index is 690. The molecule has 1 saturated heterocycles. The van der Waals surface area contributed by atoms with Crippen LogP contribution in [0.15, 0.2) is 28.7 Å². The van der Waals surface area contributed by atoms with E-state index in [0.29, 0.717) is 11.8 Å². The summed E-state index contributed by atoms with van der Waals surface area (Å²) in [7, 11) is 1.63. The van der Waals surface area contributed by atoms with Gasteiger partial charge in [0.15, 0.2) is 0 Å². The first-order valence-corrected chi connectivity index (χ1v) is 8.06. The summed E-state index contributed by atoms with van der Waals surface area (Å²) >= 11 is 0. The number of nitrogens with zero attached hydrogens (tertiary/aromatic N) is 4. The number of carbonyl (C=O) groups excluding carboxylic acids is 1. The zero-order valence-corrected chi connectivity index (χ0v) is 14.2. The molecule has 0 radical (unpaired) electrons. The lowest BCUT2D eigenvalue weighted by Gasteiger charge is -2.36. The Labute approximate surface area is 141 Å². The molecule has 0 spiro atoms. The van der Waals surface area contributed by atoms with E-state index in [1.54, 1.807) is 14.0 Å². The Hall–Kier alpha value is -2.41. The molecule has 1 aliphatic rings. The van der Waals surface area contributed by atoms with E-state index < -0.39 is 0 Å². The first-order valence-electron chi connectivity index (χ1n) is 8.06. The van der Waals surface area contributed by atoms with Gasteiger partial charge in [-0.25, -0.2) is 0 Å². The molecular weight excluding hydrogens is 308 g/mol. The number of methoxy groups -OCH3 is 1. The minimum Gasteiger partial charge on any atom is -0.497 e. The lowest BCUT2D eigenvalue weighted by Crippen LogP contribution is -2.48. The Kier molecular flexibility index (Phi) is 4.80. The topological polar surface area (TPSA) is 71.7 Å². The largest absolute Gasteiger partial charge is 0.497 e. The molecule has 2 heterocycles. The van der Waals surface area contributed by atoms with Crippen molar-refractivity contribution in [2.24, 2.45) is 0 Å². The molecule has 7 nitrogen and oxygen atoms in total. The van der Waals surface area contributed by atoms with E-state index >= 15 is 0 Å². The van der Waals surface area contributed by atoms with Gasteiger partial charge in [0.05, 0.1) is 13.2 Å². The number of aromatic nitrogens is 2. The number of amides is 1. The van der Waals surface area contributed by atoms with E-state index in [0.717, 1.165) is 37.5 Å².